The van der Waals surface area contributed by atoms with Crippen LogP contribution in [0.4, 0.5) is 11.4 Å². The third-order valence-electron chi connectivity index (χ3n) is 5.31. The van der Waals surface area contributed by atoms with Crippen molar-refractivity contribution in [3.05, 3.63) is 64.2 Å². The largest absolute Gasteiger partial charge is 0.371 e. The number of rotatable bonds is 6. The van der Waals surface area contributed by atoms with Crippen LogP contribution in [0.15, 0.2) is 47.1 Å². The van der Waals surface area contributed by atoms with Crippen LogP contribution in [0.3, 0.4) is 0 Å². The van der Waals surface area contributed by atoms with Gasteiger partial charge in [0.1, 0.15) is 5.69 Å². The second-order valence-corrected chi connectivity index (χ2v) is 7.40. The van der Waals surface area contributed by atoms with Crippen LogP contribution in [0.25, 0.3) is 11.5 Å². The van der Waals surface area contributed by atoms with Gasteiger partial charge in [-0.25, -0.2) is 0 Å². The number of aromatic nitrogens is 3. The van der Waals surface area contributed by atoms with E-state index in [-0.39, 0.29) is 17.6 Å². The van der Waals surface area contributed by atoms with Gasteiger partial charge in [0, 0.05) is 17.8 Å². The summed E-state index contributed by atoms with van der Waals surface area (Å²) in [6, 6.07) is 10.2. The van der Waals surface area contributed by atoms with Crippen LogP contribution < -0.4 is 11.1 Å². The average Bonchev–Trinajstić information content (AvgIpc) is 3.39. The first kappa shape index (κ1) is 19.0. The number of anilines is 1. The third kappa shape index (κ3) is 3.81. The Labute approximate surface area is 167 Å². The summed E-state index contributed by atoms with van der Waals surface area (Å²) in [4.78, 5) is 19.9. The standard InChI is InChI=1S/C20H22N6O3/c1-13(15-6-2-5-11-22-15)23-16-8-7-14(12-17(16)26(27)28)18-24-19(25-29-18)20(21)9-3-4-10-20/h2,5-8,11-13,23H,3-4,9-10,21H2,1H3. The van der Waals surface area contributed by atoms with E-state index in [0.29, 0.717) is 17.1 Å². The van der Waals surface area contributed by atoms with E-state index >= 15 is 0 Å². The minimum atomic E-state index is -0.576. The summed E-state index contributed by atoms with van der Waals surface area (Å²) in [6.45, 7) is 1.90. The molecule has 0 radical (unpaired) electrons. The summed E-state index contributed by atoms with van der Waals surface area (Å²) in [5.41, 5.74) is 7.38. The van der Waals surface area contributed by atoms with Crippen molar-refractivity contribution < 1.29 is 9.45 Å². The zero-order valence-corrected chi connectivity index (χ0v) is 16.0. The Balaban J connectivity index is 1.61. The highest BCUT2D eigenvalue weighted by molar-refractivity contribution is 5.70. The van der Waals surface area contributed by atoms with Crippen molar-refractivity contribution in [2.45, 2.75) is 44.2 Å². The van der Waals surface area contributed by atoms with Gasteiger partial charge in [-0.1, -0.05) is 24.1 Å². The molecule has 0 bridgehead atoms. The Hall–Kier alpha value is -3.33. The molecule has 1 atom stereocenters. The van der Waals surface area contributed by atoms with Crippen molar-refractivity contribution in [3.8, 4) is 11.5 Å². The summed E-state index contributed by atoms with van der Waals surface area (Å²) in [7, 11) is 0. The Kier molecular flexibility index (Phi) is 4.98. The van der Waals surface area contributed by atoms with Crippen LogP contribution in [-0.2, 0) is 5.54 Å². The highest BCUT2D eigenvalue weighted by atomic mass is 16.6. The van der Waals surface area contributed by atoms with E-state index in [0.717, 1.165) is 31.4 Å². The minimum Gasteiger partial charge on any atom is -0.371 e. The van der Waals surface area contributed by atoms with E-state index in [1.807, 2.05) is 25.1 Å². The van der Waals surface area contributed by atoms with Crippen molar-refractivity contribution in [1.82, 2.24) is 15.1 Å². The quantitative estimate of drug-likeness (QED) is 0.474. The molecule has 9 nitrogen and oxygen atoms in total. The van der Waals surface area contributed by atoms with Gasteiger partial charge < -0.3 is 15.6 Å². The molecule has 0 spiro atoms. The highest BCUT2D eigenvalue weighted by Crippen LogP contribution is 2.36. The Morgan fingerprint density at radius 2 is 2.07 bits per heavy atom. The molecule has 29 heavy (non-hydrogen) atoms. The number of pyridine rings is 1. The zero-order chi connectivity index (χ0) is 20.4. The molecular weight excluding hydrogens is 372 g/mol. The minimum absolute atomic E-state index is 0.0756. The molecule has 1 fully saturated rings. The molecule has 2 heterocycles. The maximum absolute atomic E-state index is 11.7. The van der Waals surface area contributed by atoms with E-state index in [2.05, 4.69) is 20.4 Å². The fourth-order valence-corrected chi connectivity index (χ4v) is 3.65. The molecule has 1 aliphatic carbocycles. The average molecular weight is 394 g/mol. The van der Waals surface area contributed by atoms with Gasteiger partial charge in [-0.05, 0) is 44.0 Å². The number of benzene rings is 1. The number of nitrogens with zero attached hydrogens (tertiary/aromatic N) is 4. The summed E-state index contributed by atoms with van der Waals surface area (Å²) < 4.78 is 5.36. The van der Waals surface area contributed by atoms with Crippen LogP contribution in [-0.4, -0.2) is 20.0 Å². The fraction of sp³-hybridized carbons (Fsp3) is 0.350. The third-order valence-corrected chi connectivity index (χ3v) is 5.31. The topological polar surface area (TPSA) is 133 Å². The molecule has 3 aromatic rings. The van der Waals surface area contributed by atoms with Gasteiger partial charge in [-0.3, -0.25) is 15.1 Å². The van der Waals surface area contributed by atoms with Crippen LogP contribution >= 0.6 is 0 Å². The van der Waals surface area contributed by atoms with Gasteiger partial charge >= 0.3 is 0 Å². The van der Waals surface area contributed by atoms with Gasteiger partial charge in [0.2, 0.25) is 0 Å². The summed E-state index contributed by atoms with van der Waals surface area (Å²) >= 11 is 0. The molecule has 4 rings (SSSR count). The van der Waals surface area contributed by atoms with E-state index in [4.69, 9.17) is 10.3 Å². The molecule has 0 amide bonds. The molecule has 1 aromatic carbocycles. The van der Waals surface area contributed by atoms with Crippen LogP contribution in [0.2, 0.25) is 0 Å². The number of hydrogen-bond acceptors (Lipinski definition) is 8. The zero-order valence-electron chi connectivity index (χ0n) is 16.0. The maximum atomic E-state index is 11.7. The van der Waals surface area contributed by atoms with Crippen LogP contribution in [0.5, 0.6) is 0 Å². The van der Waals surface area contributed by atoms with Crippen LogP contribution in [0, 0.1) is 10.1 Å². The number of nitrogens with one attached hydrogen (secondary N) is 1. The first-order valence-electron chi connectivity index (χ1n) is 9.56. The Bertz CT molecular complexity index is 1010. The first-order chi connectivity index (χ1) is 14.0. The van der Waals surface area contributed by atoms with Gasteiger partial charge in [0.25, 0.3) is 11.6 Å². The number of nitro benzene ring substituents is 1. The predicted molar refractivity (Wildman–Crippen MR) is 107 cm³/mol. The lowest BCUT2D eigenvalue weighted by Gasteiger charge is -2.17. The number of nitro groups is 1. The summed E-state index contributed by atoms with van der Waals surface area (Å²) in [5, 5.41) is 18.8. The second kappa shape index (κ2) is 7.59. The molecule has 1 unspecified atom stereocenters. The molecule has 3 N–H and O–H groups in total. The van der Waals surface area contributed by atoms with E-state index < -0.39 is 10.5 Å². The Morgan fingerprint density at radius 3 is 2.76 bits per heavy atom. The number of nitrogens with two attached hydrogens (primary N) is 1. The Morgan fingerprint density at radius 1 is 1.28 bits per heavy atom. The summed E-state index contributed by atoms with van der Waals surface area (Å²) in [6.07, 6.45) is 5.36. The van der Waals surface area contributed by atoms with Crippen molar-refractivity contribution in [3.63, 3.8) is 0 Å². The SMILES string of the molecule is CC(Nc1ccc(-c2nc(C3(N)CCCC3)no2)cc1[N+](=O)[O-])c1ccccn1. The molecule has 1 saturated carbocycles. The predicted octanol–water partition coefficient (Wildman–Crippen LogP) is 3.94. The van der Waals surface area contributed by atoms with Gasteiger partial charge in [0.05, 0.1) is 22.2 Å². The molecule has 150 valence electrons. The van der Waals surface area contributed by atoms with E-state index in [1.54, 1.807) is 18.3 Å². The van der Waals surface area contributed by atoms with Gasteiger partial charge in [-0.2, -0.15) is 4.98 Å². The van der Waals surface area contributed by atoms with Crippen molar-refractivity contribution in [2.24, 2.45) is 5.73 Å². The molecule has 0 saturated heterocycles. The van der Waals surface area contributed by atoms with Crippen molar-refractivity contribution >= 4 is 11.4 Å². The fourth-order valence-electron chi connectivity index (χ4n) is 3.65. The van der Waals surface area contributed by atoms with Crippen molar-refractivity contribution in [1.29, 1.82) is 0 Å². The lowest BCUT2D eigenvalue weighted by Crippen LogP contribution is -2.34. The molecule has 1 aliphatic rings. The normalized spacial score (nSPS) is 16.5. The lowest BCUT2D eigenvalue weighted by molar-refractivity contribution is -0.383. The molecule has 9 heteroatoms. The molecule has 0 aliphatic heterocycles. The summed E-state index contributed by atoms with van der Waals surface area (Å²) in [5.74, 6) is 0.683. The van der Waals surface area contributed by atoms with E-state index in [9.17, 15) is 10.1 Å². The first-order valence-corrected chi connectivity index (χ1v) is 9.56. The molecular formula is C20H22N6O3. The highest BCUT2D eigenvalue weighted by Gasteiger charge is 2.36. The van der Waals surface area contributed by atoms with Crippen molar-refractivity contribution in [2.75, 3.05) is 5.32 Å². The van der Waals surface area contributed by atoms with Gasteiger partial charge in [0.15, 0.2) is 5.82 Å². The van der Waals surface area contributed by atoms with Gasteiger partial charge in [-0.15, -0.1) is 0 Å². The monoisotopic (exact) mass is 394 g/mol. The smallest absolute Gasteiger partial charge is 0.293 e. The van der Waals surface area contributed by atoms with Crippen LogP contribution in [0.1, 0.15) is 50.2 Å². The lowest BCUT2D eigenvalue weighted by atomic mass is 9.98. The number of hydrogen-bond donors (Lipinski definition) is 2. The molecule has 2 aromatic heterocycles. The maximum Gasteiger partial charge on any atom is 0.293 e. The second-order valence-electron chi connectivity index (χ2n) is 7.40. The van der Waals surface area contributed by atoms with E-state index in [1.165, 1.54) is 6.07 Å².